The van der Waals surface area contributed by atoms with Crippen LogP contribution in [0.4, 0.5) is 0 Å². The average molecular weight is 374 g/mol. The molecule has 3 aromatic rings. The molecule has 1 fully saturated rings. The Morgan fingerprint density at radius 2 is 1.71 bits per heavy atom. The Balaban J connectivity index is 1.66. The lowest BCUT2D eigenvalue weighted by molar-refractivity contribution is 0.0664. The molecular weight excluding hydrogens is 352 g/mol. The van der Waals surface area contributed by atoms with Gasteiger partial charge in [-0.2, -0.15) is 0 Å². The van der Waals surface area contributed by atoms with E-state index in [1.54, 1.807) is 6.07 Å². The zero-order valence-electron chi connectivity index (χ0n) is 15.8. The molecule has 0 saturated carbocycles. The average Bonchev–Trinajstić information content (AvgIpc) is 2.73. The molecular formula is C23H22N2O3. The summed E-state index contributed by atoms with van der Waals surface area (Å²) >= 11 is 0. The van der Waals surface area contributed by atoms with Crippen LogP contribution in [0.1, 0.15) is 20.7 Å². The lowest BCUT2D eigenvalue weighted by Gasteiger charge is -2.32. The predicted octanol–water partition coefficient (Wildman–Crippen LogP) is 3.41. The molecule has 1 heterocycles. The van der Waals surface area contributed by atoms with Crippen molar-refractivity contribution in [3.05, 3.63) is 65.7 Å². The number of carbonyl (C=O) groups excluding carboxylic acids is 2. The maximum atomic E-state index is 12.9. The summed E-state index contributed by atoms with van der Waals surface area (Å²) in [5, 5.41) is 11.4. The summed E-state index contributed by atoms with van der Waals surface area (Å²) in [6, 6.07) is 16.7. The third-order valence-corrected chi connectivity index (χ3v) is 5.39. The van der Waals surface area contributed by atoms with Crippen molar-refractivity contribution in [2.45, 2.75) is 0 Å². The van der Waals surface area contributed by atoms with Crippen molar-refractivity contribution in [2.24, 2.45) is 0 Å². The standard InChI is InChI=1S/C23H22N2O3/c1-24-9-11-25(12-10-24)23(28)19-4-2-3-16(14-19)17-5-7-20-18(13-17)6-8-22(27)21(20)15-26/h2-8,13-15,27H,9-12H2,1H3. The van der Waals surface area contributed by atoms with Crippen LogP contribution in [-0.2, 0) is 0 Å². The summed E-state index contributed by atoms with van der Waals surface area (Å²) in [5.41, 5.74) is 2.88. The molecule has 5 nitrogen and oxygen atoms in total. The Labute approximate surface area is 163 Å². The van der Waals surface area contributed by atoms with Crippen LogP contribution in [0.25, 0.3) is 21.9 Å². The summed E-state index contributed by atoms with van der Waals surface area (Å²) < 4.78 is 0. The van der Waals surface area contributed by atoms with Gasteiger partial charge in [-0.25, -0.2) is 0 Å². The molecule has 0 aromatic heterocycles. The highest BCUT2D eigenvalue weighted by Gasteiger charge is 2.20. The van der Waals surface area contributed by atoms with Crippen LogP contribution >= 0.6 is 0 Å². The van der Waals surface area contributed by atoms with E-state index >= 15 is 0 Å². The van der Waals surface area contributed by atoms with Gasteiger partial charge in [0.1, 0.15) is 5.75 Å². The largest absolute Gasteiger partial charge is 0.507 e. The molecule has 1 N–H and O–H groups in total. The second-order valence-corrected chi connectivity index (χ2v) is 7.23. The Morgan fingerprint density at radius 3 is 2.46 bits per heavy atom. The molecule has 1 aliphatic rings. The Kier molecular flexibility index (Phi) is 4.84. The van der Waals surface area contributed by atoms with Crippen LogP contribution in [-0.4, -0.2) is 60.3 Å². The molecule has 0 atom stereocenters. The summed E-state index contributed by atoms with van der Waals surface area (Å²) in [7, 11) is 2.07. The van der Waals surface area contributed by atoms with Gasteiger partial charge >= 0.3 is 0 Å². The van der Waals surface area contributed by atoms with Crippen molar-refractivity contribution < 1.29 is 14.7 Å². The van der Waals surface area contributed by atoms with E-state index in [0.29, 0.717) is 22.8 Å². The first kappa shape index (κ1) is 18.2. The molecule has 4 rings (SSSR count). The van der Waals surface area contributed by atoms with Gasteiger partial charge in [0.2, 0.25) is 0 Å². The topological polar surface area (TPSA) is 60.9 Å². The monoisotopic (exact) mass is 374 g/mol. The second-order valence-electron chi connectivity index (χ2n) is 7.23. The van der Waals surface area contributed by atoms with E-state index < -0.39 is 0 Å². The first-order valence-electron chi connectivity index (χ1n) is 9.36. The zero-order chi connectivity index (χ0) is 19.7. The van der Waals surface area contributed by atoms with E-state index in [1.165, 1.54) is 6.07 Å². The maximum absolute atomic E-state index is 12.9. The third-order valence-electron chi connectivity index (χ3n) is 5.39. The van der Waals surface area contributed by atoms with Crippen LogP contribution in [0.5, 0.6) is 5.75 Å². The number of aromatic hydroxyl groups is 1. The molecule has 1 amide bonds. The van der Waals surface area contributed by atoms with E-state index in [0.717, 1.165) is 42.7 Å². The number of rotatable bonds is 3. The van der Waals surface area contributed by atoms with Crippen LogP contribution in [0.3, 0.4) is 0 Å². The molecule has 5 heteroatoms. The molecule has 0 radical (unpaired) electrons. The van der Waals surface area contributed by atoms with E-state index in [2.05, 4.69) is 11.9 Å². The van der Waals surface area contributed by atoms with Gasteiger partial charge in [-0.1, -0.05) is 30.3 Å². The first-order chi connectivity index (χ1) is 13.6. The minimum Gasteiger partial charge on any atom is -0.507 e. The Bertz CT molecular complexity index is 1050. The molecule has 28 heavy (non-hydrogen) atoms. The molecule has 1 saturated heterocycles. The van der Waals surface area contributed by atoms with Crippen molar-refractivity contribution in [1.29, 1.82) is 0 Å². The lowest BCUT2D eigenvalue weighted by Crippen LogP contribution is -2.47. The van der Waals surface area contributed by atoms with Crippen molar-refractivity contribution >= 4 is 23.0 Å². The molecule has 1 aliphatic heterocycles. The quantitative estimate of drug-likeness (QED) is 0.714. The Morgan fingerprint density at radius 1 is 0.964 bits per heavy atom. The number of fused-ring (bicyclic) bond motifs is 1. The minimum absolute atomic E-state index is 0.0185. The highest BCUT2D eigenvalue weighted by Crippen LogP contribution is 2.30. The van der Waals surface area contributed by atoms with Gasteiger partial charge in [0.05, 0.1) is 5.56 Å². The highest BCUT2D eigenvalue weighted by atomic mass is 16.3. The van der Waals surface area contributed by atoms with Gasteiger partial charge in [0.25, 0.3) is 5.91 Å². The number of carbonyl (C=O) groups is 2. The van der Waals surface area contributed by atoms with Gasteiger partial charge in [0.15, 0.2) is 6.29 Å². The fourth-order valence-corrected chi connectivity index (χ4v) is 3.67. The molecule has 3 aromatic carbocycles. The minimum atomic E-state index is -0.0185. The fourth-order valence-electron chi connectivity index (χ4n) is 3.67. The van der Waals surface area contributed by atoms with E-state index in [-0.39, 0.29) is 11.7 Å². The summed E-state index contributed by atoms with van der Waals surface area (Å²) in [6.45, 7) is 3.27. The Hall–Kier alpha value is -3.18. The number of phenolic OH excluding ortho intramolecular Hbond substituents is 1. The van der Waals surface area contributed by atoms with Gasteiger partial charge in [-0.05, 0) is 53.2 Å². The molecule has 0 bridgehead atoms. The molecule has 0 spiro atoms. The fraction of sp³-hybridized carbons (Fsp3) is 0.217. The second kappa shape index (κ2) is 7.44. The highest BCUT2D eigenvalue weighted by molar-refractivity contribution is 6.02. The smallest absolute Gasteiger partial charge is 0.253 e. The van der Waals surface area contributed by atoms with Crippen LogP contribution in [0, 0.1) is 0 Å². The van der Waals surface area contributed by atoms with Gasteiger partial charge in [0, 0.05) is 31.7 Å². The third kappa shape index (κ3) is 3.37. The maximum Gasteiger partial charge on any atom is 0.253 e. The van der Waals surface area contributed by atoms with Gasteiger partial charge < -0.3 is 14.9 Å². The predicted molar refractivity (Wildman–Crippen MR) is 110 cm³/mol. The number of nitrogens with zero attached hydrogens (tertiary/aromatic N) is 2. The van der Waals surface area contributed by atoms with E-state index in [4.69, 9.17) is 0 Å². The van der Waals surface area contributed by atoms with Crippen LogP contribution < -0.4 is 0 Å². The van der Waals surface area contributed by atoms with Crippen molar-refractivity contribution in [1.82, 2.24) is 9.80 Å². The zero-order valence-corrected chi connectivity index (χ0v) is 15.8. The van der Waals surface area contributed by atoms with Crippen LogP contribution in [0.15, 0.2) is 54.6 Å². The number of benzene rings is 3. The normalized spacial score (nSPS) is 15.0. The number of hydrogen-bond acceptors (Lipinski definition) is 4. The number of hydrogen-bond donors (Lipinski definition) is 1. The molecule has 0 aliphatic carbocycles. The van der Waals surface area contributed by atoms with Crippen molar-refractivity contribution in [3.63, 3.8) is 0 Å². The SMILES string of the molecule is CN1CCN(C(=O)c2cccc(-c3ccc4c(C=O)c(O)ccc4c3)c2)CC1. The lowest BCUT2D eigenvalue weighted by atomic mass is 9.97. The van der Waals surface area contributed by atoms with Crippen molar-refractivity contribution in [3.8, 4) is 16.9 Å². The number of aldehydes is 1. The molecule has 142 valence electrons. The van der Waals surface area contributed by atoms with Crippen LogP contribution in [0.2, 0.25) is 0 Å². The summed E-state index contributed by atoms with van der Waals surface area (Å²) in [5.74, 6) is 0.0407. The number of likely N-dealkylation sites (N-methyl/N-ethyl adjacent to an activating group) is 1. The first-order valence-corrected chi connectivity index (χ1v) is 9.36. The number of amides is 1. The summed E-state index contributed by atoms with van der Waals surface area (Å²) in [4.78, 5) is 28.3. The van der Waals surface area contributed by atoms with Gasteiger partial charge in [-0.3, -0.25) is 9.59 Å². The number of piperazine rings is 1. The van der Waals surface area contributed by atoms with E-state index in [9.17, 15) is 14.7 Å². The van der Waals surface area contributed by atoms with Gasteiger partial charge in [-0.15, -0.1) is 0 Å². The van der Waals surface area contributed by atoms with E-state index in [1.807, 2.05) is 47.4 Å². The molecule has 0 unspecified atom stereocenters. The summed E-state index contributed by atoms with van der Waals surface area (Å²) in [6.07, 6.45) is 0.673. The number of phenols is 1. The van der Waals surface area contributed by atoms with Crippen molar-refractivity contribution in [2.75, 3.05) is 33.2 Å².